The van der Waals surface area contributed by atoms with Crippen LogP contribution in [0.5, 0.6) is 0 Å². The summed E-state index contributed by atoms with van der Waals surface area (Å²) in [6.07, 6.45) is 7.75. The number of aryl methyl sites for hydroxylation is 1. The molecule has 2 atom stereocenters. The zero-order valence-electron chi connectivity index (χ0n) is 13.9. The van der Waals surface area contributed by atoms with E-state index in [0.717, 1.165) is 19.0 Å². The summed E-state index contributed by atoms with van der Waals surface area (Å²) in [5, 5.41) is 2.14. The van der Waals surface area contributed by atoms with Crippen molar-refractivity contribution in [2.45, 2.75) is 58.0 Å². The molecule has 3 nitrogen and oxygen atoms in total. The highest BCUT2D eigenvalue weighted by Crippen LogP contribution is 2.35. The predicted octanol–water partition coefficient (Wildman–Crippen LogP) is 3.67. The molecule has 0 spiro atoms. The molecule has 0 N–H and O–H groups in total. The van der Waals surface area contributed by atoms with Crippen LogP contribution in [0.15, 0.2) is 11.4 Å². The predicted molar refractivity (Wildman–Crippen MR) is 92.1 cm³/mol. The molecule has 1 amide bonds. The first-order valence-electron chi connectivity index (χ1n) is 8.66. The highest BCUT2D eigenvalue weighted by molar-refractivity contribution is 7.10. The maximum atomic E-state index is 12.8. The maximum Gasteiger partial charge on any atom is 0.237 e. The Bertz CT molecular complexity index is 511. The lowest BCUT2D eigenvalue weighted by atomic mass is 9.78. The third kappa shape index (κ3) is 3.54. The molecule has 1 saturated heterocycles. The number of hydrogen-bond acceptors (Lipinski definition) is 3. The van der Waals surface area contributed by atoms with Crippen molar-refractivity contribution in [3.05, 3.63) is 21.9 Å². The van der Waals surface area contributed by atoms with Crippen molar-refractivity contribution in [3.8, 4) is 0 Å². The van der Waals surface area contributed by atoms with E-state index in [1.165, 1.54) is 49.0 Å². The largest absolute Gasteiger partial charge is 0.338 e. The van der Waals surface area contributed by atoms with Crippen molar-refractivity contribution in [2.75, 3.05) is 20.1 Å². The highest BCUT2D eigenvalue weighted by Gasteiger charge is 2.35. The van der Waals surface area contributed by atoms with Crippen molar-refractivity contribution in [1.29, 1.82) is 0 Å². The summed E-state index contributed by atoms with van der Waals surface area (Å²) in [5.74, 6) is 1.12. The Balaban J connectivity index is 1.57. The van der Waals surface area contributed by atoms with E-state index in [1.54, 1.807) is 11.3 Å². The van der Waals surface area contributed by atoms with E-state index in [4.69, 9.17) is 0 Å². The molecule has 0 radical (unpaired) electrons. The molecule has 1 aliphatic carbocycles. The van der Waals surface area contributed by atoms with Crippen LogP contribution in [0.4, 0.5) is 0 Å². The van der Waals surface area contributed by atoms with Crippen LogP contribution in [0.2, 0.25) is 0 Å². The number of piperidine rings is 1. The summed E-state index contributed by atoms with van der Waals surface area (Å²) >= 11 is 1.79. The van der Waals surface area contributed by atoms with Gasteiger partial charge < -0.3 is 4.90 Å². The van der Waals surface area contributed by atoms with Gasteiger partial charge in [0.05, 0.1) is 6.54 Å². The van der Waals surface area contributed by atoms with Crippen molar-refractivity contribution < 1.29 is 4.79 Å². The van der Waals surface area contributed by atoms with Crippen molar-refractivity contribution in [2.24, 2.45) is 5.92 Å². The van der Waals surface area contributed by atoms with Crippen molar-refractivity contribution in [1.82, 2.24) is 9.80 Å². The molecule has 122 valence electrons. The fraction of sp³-hybridized carbons (Fsp3) is 0.722. The Labute approximate surface area is 138 Å². The second kappa shape index (κ2) is 7.14. The Kier molecular flexibility index (Phi) is 5.19. The van der Waals surface area contributed by atoms with Crippen LogP contribution in [-0.4, -0.2) is 41.9 Å². The number of rotatable bonds is 4. The Morgan fingerprint density at radius 2 is 2.09 bits per heavy atom. The quantitative estimate of drug-likeness (QED) is 0.845. The van der Waals surface area contributed by atoms with Gasteiger partial charge in [0.2, 0.25) is 5.91 Å². The molecular formula is C18H28N2OS. The van der Waals surface area contributed by atoms with Crippen LogP contribution in [-0.2, 0) is 11.3 Å². The second-order valence-corrected chi connectivity index (χ2v) is 8.04. The number of hydrogen-bond donors (Lipinski definition) is 0. The van der Waals surface area contributed by atoms with Crippen molar-refractivity contribution in [3.63, 3.8) is 0 Å². The molecular weight excluding hydrogens is 292 g/mol. The number of fused-ring (bicyclic) bond motifs is 1. The van der Waals surface area contributed by atoms with E-state index in [1.807, 2.05) is 0 Å². The van der Waals surface area contributed by atoms with Gasteiger partial charge in [-0.1, -0.05) is 12.8 Å². The third-order valence-electron chi connectivity index (χ3n) is 5.35. The molecule has 1 aromatic rings. The minimum atomic E-state index is 0.341. The fourth-order valence-corrected chi connectivity index (χ4v) is 5.11. The molecule has 0 aromatic carbocycles. The van der Waals surface area contributed by atoms with Crippen LogP contribution < -0.4 is 0 Å². The molecule has 4 heteroatoms. The summed E-state index contributed by atoms with van der Waals surface area (Å²) in [6.45, 7) is 4.57. The summed E-state index contributed by atoms with van der Waals surface area (Å²) in [5.41, 5.74) is 1.34. The van der Waals surface area contributed by atoms with Crippen LogP contribution in [0, 0.1) is 12.8 Å². The molecule has 3 rings (SSSR count). The molecule has 2 aliphatic rings. The van der Waals surface area contributed by atoms with E-state index < -0.39 is 0 Å². The second-order valence-electron chi connectivity index (χ2n) is 7.04. The topological polar surface area (TPSA) is 23.6 Å². The van der Waals surface area contributed by atoms with Crippen LogP contribution >= 0.6 is 11.3 Å². The maximum absolute atomic E-state index is 12.8. The average Bonchev–Trinajstić information content (AvgIpc) is 2.91. The van der Waals surface area contributed by atoms with E-state index >= 15 is 0 Å². The van der Waals surface area contributed by atoms with E-state index in [0.29, 0.717) is 18.5 Å². The highest BCUT2D eigenvalue weighted by atomic mass is 32.1. The lowest BCUT2D eigenvalue weighted by Crippen LogP contribution is -2.52. The first-order chi connectivity index (χ1) is 10.6. The number of thiophene rings is 1. The SMILES string of the molecule is Cc1ccsc1CN(C)CC(=O)N1CCCC2CCCCC21. The average molecular weight is 321 g/mol. The minimum Gasteiger partial charge on any atom is -0.338 e. The number of likely N-dealkylation sites (N-methyl/N-ethyl adjacent to an activating group) is 1. The molecule has 22 heavy (non-hydrogen) atoms. The first-order valence-corrected chi connectivity index (χ1v) is 9.54. The van der Waals surface area contributed by atoms with Crippen LogP contribution in [0.3, 0.4) is 0 Å². The normalized spacial score (nSPS) is 25.3. The monoisotopic (exact) mass is 320 g/mol. The standard InChI is InChI=1S/C18H28N2OS/c1-14-9-11-22-17(14)12-19(2)13-18(21)20-10-5-7-15-6-3-4-8-16(15)20/h9,11,15-16H,3-8,10,12-13H2,1-2H3. The number of carbonyl (C=O) groups is 1. The molecule has 2 fully saturated rings. The molecule has 1 saturated carbocycles. The van der Waals surface area contributed by atoms with E-state index in [-0.39, 0.29) is 0 Å². The summed E-state index contributed by atoms with van der Waals surface area (Å²) in [7, 11) is 2.07. The van der Waals surface area contributed by atoms with Gasteiger partial charge in [0.1, 0.15) is 0 Å². The van der Waals surface area contributed by atoms with Gasteiger partial charge in [0.15, 0.2) is 0 Å². The summed E-state index contributed by atoms with van der Waals surface area (Å²) in [4.78, 5) is 18.5. The van der Waals surface area contributed by atoms with Gasteiger partial charge in [-0.15, -0.1) is 11.3 Å². The van der Waals surface area contributed by atoms with Gasteiger partial charge in [-0.3, -0.25) is 9.69 Å². The van der Waals surface area contributed by atoms with E-state index in [2.05, 4.69) is 35.2 Å². The van der Waals surface area contributed by atoms with Gasteiger partial charge in [0.25, 0.3) is 0 Å². The van der Waals surface area contributed by atoms with Gasteiger partial charge in [-0.05, 0) is 62.6 Å². The molecule has 2 unspecified atom stereocenters. The van der Waals surface area contributed by atoms with Crippen molar-refractivity contribution >= 4 is 17.2 Å². The number of likely N-dealkylation sites (tertiary alicyclic amines) is 1. The lowest BCUT2D eigenvalue weighted by molar-refractivity contribution is -0.138. The minimum absolute atomic E-state index is 0.341. The van der Waals surface area contributed by atoms with Gasteiger partial charge in [-0.25, -0.2) is 0 Å². The molecule has 2 heterocycles. The fourth-order valence-electron chi connectivity index (χ4n) is 4.12. The molecule has 1 aromatic heterocycles. The van der Waals surface area contributed by atoms with Gasteiger partial charge >= 0.3 is 0 Å². The number of amides is 1. The lowest BCUT2D eigenvalue weighted by Gasteiger charge is -2.44. The third-order valence-corrected chi connectivity index (χ3v) is 6.36. The summed E-state index contributed by atoms with van der Waals surface area (Å²) in [6, 6.07) is 2.69. The Morgan fingerprint density at radius 3 is 2.86 bits per heavy atom. The first kappa shape index (κ1) is 16.0. The molecule has 0 bridgehead atoms. The van der Waals surface area contributed by atoms with Gasteiger partial charge in [-0.2, -0.15) is 0 Å². The Morgan fingerprint density at radius 1 is 1.32 bits per heavy atom. The Hall–Kier alpha value is -0.870. The zero-order valence-corrected chi connectivity index (χ0v) is 14.7. The van der Waals surface area contributed by atoms with E-state index in [9.17, 15) is 4.79 Å². The number of carbonyl (C=O) groups excluding carboxylic acids is 1. The summed E-state index contributed by atoms with van der Waals surface area (Å²) < 4.78 is 0. The van der Waals surface area contributed by atoms with Crippen LogP contribution in [0.25, 0.3) is 0 Å². The number of nitrogens with zero attached hydrogens (tertiary/aromatic N) is 2. The smallest absolute Gasteiger partial charge is 0.237 e. The molecule has 1 aliphatic heterocycles. The van der Waals surface area contributed by atoms with Gasteiger partial charge in [0, 0.05) is 24.0 Å². The van der Waals surface area contributed by atoms with Crippen LogP contribution in [0.1, 0.15) is 49.0 Å². The zero-order chi connectivity index (χ0) is 15.5.